The second-order valence-electron chi connectivity index (χ2n) is 7.32. The molecule has 0 aromatic heterocycles. The van der Waals surface area contributed by atoms with E-state index in [1.165, 1.54) is 0 Å². The van der Waals surface area contributed by atoms with E-state index in [2.05, 4.69) is 20.5 Å². The fraction of sp³-hybridized carbons (Fsp3) is 0.895. The first-order valence-electron chi connectivity index (χ1n) is 10.4. The number of likely N-dealkylation sites (N-methyl/N-ethyl adjacent to an activating group) is 1. The standard InChI is InChI=1S/C19H37N5O4/c1-23(2)18(25)15-22-19(20-6-3-8-24-9-13-26-14-10-24)21-7-4-11-28-17-5-12-27-16-17/h17H,3-16H2,1-2H3,(H2,20,21,22). The van der Waals surface area contributed by atoms with Gasteiger partial charge in [-0.15, -0.1) is 0 Å². The Labute approximate surface area is 168 Å². The third-order valence-electron chi connectivity index (χ3n) is 4.77. The number of aliphatic imine (C=N–C) groups is 1. The molecule has 9 nitrogen and oxygen atoms in total. The van der Waals surface area contributed by atoms with Gasteiger partial charge >= 0.3 is 0 Å². The molecular formula is C19H37N5O4. The Morgan fingerprint density at radius 1 is 1.14 bits per heavy atom. The van der Waals surface area contributed by atoms with Gasteiger partial charge in [-0.05, 0) is 25.8 Å². The molecule has 0 aromatic rings. The zero-order chi connectivity index (χ0) is 20.0. The van der Waals surface area contributed by atoms with Crippen molar-refractivity contribution in [3.8, 4) is 0 Å². The molecule has 0 bridgehead atoms. The Bertz CT molecular complexity index is 463. The lowest BCUT2D eigenvalue weighted by atomic mass is 10.3. The molecule has 0 aromatic carbocycles. The van der Waals surface area contributed by atoms with Gasteiger partial charge in [-0.3, -0.25) is 9.69 Å². The molecule has 2 aliphatic rings. The first-order chi connectivity index (χ1) is 13.6. The van der Waals surface area contributed by atoms with Crippen molar-refractivity contribution in [1.29, 1.82) is 0 Å². The molecule has 0 spiro atoms. The van der Waals surface area contributed by atoms with E-state index in [-0.39, 0.29) is 18.6 Å². The van der Waals surface area contributed by atoms with Crippen LogP contribution in [0.4, 0.5) is 0 Å². The number of hydrogen-bond donors (Lipinski definition) is 2. The Kier molecular flexibility index (Phi) is 11.2. The number of hydrogen-bond acceptors (Lipinski definition) is 6. The van der Waals surface area contributed by atoms with Gasteiger partial charge in [0.25, 0.3) is 0 Å². The number of carbonyl (C=O) groups excluding carboxylic acids is 1. The average molecular weight is 400 g/mol. The van der Waals surface area contributed by atoms with Crippen LogP contribution in [0.25, 0.3) is 0 Å². The lowest BCUT2D eigenvalue weighted by molar-refractivity contribution is -0.127. The summed E-state index contributed by atoms with van der Waals surface area (Å²) in [6.45, 7) is 8.60. The average Bonchev–Trinajstić information content (AvgIpc) is 3.22. The molecule has 0 saturated carbocycles. The molecule has 1 amide bonds. The maximum atomic E-state index is 11.8. The van der Waals surface area contributed by atoms with Crippen molar-refractivity contribution in [3.63, 3.8) is 0 Å². The zero-order valence-corrected chi connectivity index (χ0v) is 17.5. The smallest absolute Gasteiger partial charge is 0.243 e. The molecule has 2 aliphatic heterocycles. The van der Waals surface area contributed by atoms with Crippen LogP contribution < -0.4 is 10.6 Å². The van der Waals surface area contributed by atoms with Gasteiger partial charge in [0.1, 0.15) is 6.54 Å². The molecule has 2 rings (SSSR count). The maximum absolute atomic E-state index is 11.8. The molecule has 0 radical (unpaired) electrons. The third-order valence-corrected chi connectivity index (χ3v) is 4.77. The fourth-order valence-corrected chi connectivity index (χ4v) is 2.97. The normalized spacial score (nSPS) is 20.9. The monoisotopic (exact) mass is 399 g/mol. The second-order valence-corrected chi connectivity index (χ2v) is 7.32. The molecule has 1 unspecified atom stereocenters. The highest BCUT2D eigenvalue weighted by molar-refractivity contribution is 5.84. The Morgan fingerprint density at radius 2 is 1.89 bits per heavy atom. The molecule has 2 N–H and O–H groups in total. The summed E-state index contributed by atoms with van der Waals surface area (Å²) >= 11 is 0. The summed E-state index contributed by atoms with van der Waals surface area (Å²) in [5.41, 5.74) is 0. The van der Waals surface area contributed by atoms with Crippen LogP contribution in [0.15, 0.2) is 4.99 Å². The van der Waals surface area contributed by atoms with Gasteiger partial charge in [0.2, 0.25) is 5.91 Å². The summed E-state index contributed by atoms with van der Waals surface area (Å²) < 4.78 is 16.5. The van der Waals surface area contributed by atoms with E-state index in [1.54, 1.807) is 19.0 Å². The molecule has 2 heterocycles. The highest BCUT2D eigenvalue weighted by Gasteiger charge is 2.15. The van der Waals surface area contributed by atoms with Gasteiger partial charge in [0.15, 0.2) is 5.96 Å². The van der Waals surface area contributed by atoms with E-state index < -0.39 is 0 Å². The lowest BCUT2D eigenvalue weighted by Crippen LogP contribution is -2.41. The first-order valence-corrected chi connectivity index (χ1v) is 10.4. The molecular weight excluding hydrogens is 362 g/mol. The fourth-order valence-electron chi connectivity index (χ4n) is 2.97. The van der Waals surface area contributed by atoms with E-state index >= 15 is 0 Å². The van der Waals surface area contributed by atoms with Crippen LogP contribution in [0.2, 0.25) is 0 Å². The van der Waals surface area contributed by atoms with Crippen molar-refractivity contribution in [2.24, 2.45) is 4.99 Å². The van der Waals surface area contributed by atoms with Crippen molar-refractivity contribution in [2.45, 2.75) is 25.4 Å². The van der Waals surface area contributed by atoms with Crippen molar-refractivity contribution in [3.05, 3.63) is 0 Å². The van der Waals surface area contributed by atoms with Crippen LogP contribution in [0, 0.1) is 0 Å². The van der Waals surface area contributed by atoms with Gasteiger partial charge in [0.05, 0.1) is 25.9 Å². The lowest BCUT2D eigenvalue weighted by Gasteiger charge is -2.26. The summed E-state index contributed by atoms with van der Waals surface area (Å²) in [5.74, 6) is 0.667. The molecule has 0 aliphatic carbocycles. The third kappa shape index (κ3) is 9.68. The van der Waals surface area contributed by atoms with Gasteiger partial charge in [-0.25, -0.2) is 4.99 Å². The molecule has 1 atom stereocenters. The van der Waals surface area contributed by atoms with Crippen LogP contribution in [0.5, 0.6) is 0 Å². The minimum absolute atomic E-state index is 0.0148. The molecule has 28 heavy (non-hydrogen) atoms. The second kappa shape index (κ2) is 13.7. The van der Waals surface area contributed by atoms with Gasteiger partial charge < -0.3 is 29.7 Å². The summed E-state index contributed by atoms with van der Waals surface area (Å²) in [6.07, 6.45) is 3.13. The summed E-state index contributed by atoms with van der Waals surface area (Å²) in [7, 11) is 3.48. The maximum Gasteiger partial charge on any atom is 0.243 e. The molecule has 9 heteroatoms. The Morgan fingerprint density at radius 3 is 2.57 bits per heavy atom. The van der Waals surface area contributed by atoms with E-state index in [4.69, 9.17) is 14.2 Å². The number of nitrogens with one attached hydrogen (secondary N) is 2. The SMILES string of the molecule is CN(C)C(=O)CN=C(NCCCOC1CCOC1)NCCCN1CCOCC1. The predicted molar refractivity (Wildman–Crippen MR) is 109 cm³/mol. The predicted octanol–water partition coefficient (Wildman–Crippen LogP) is -0.472. The van der Waals surface area contributed by atoms with Crippen molar-refractivity contribution in [1.82, 2.24) is 20.4 Å². The minimum atomic E-state index is -0.0148. The number of morpholine rings is 1. The number of ether oxygens (including phenoxy) is 3. The number of guanidine groups is 1. The van der Waals surface area contributed by atoms with E-state index in [1.807, 2.05) is 0 Å². The van der Waals surface area contributed by atoms with E-state index in [0.29, 0.717) is 19.2 Å². The molecule has 162 valence electrons. The van der Waals surface area contributed by atoms with Gasteiger partial charge in [0, 0.05) is 53.5 Å². The zero-order valence-electron chi connectivity index (χ0n) is 17.5. The Hall–Kier alpha value is -1.42. The van der Waals surface area contributed by atoms with E-state index in [0.717, 1.165) is 71.8 Å². The van der Waals surface area contributed by atoms with Crippen LogP contribution in [-0.2, 0) is 19.0 Å². The van der Waals surface area contributed by atoms with Gasteiger partial charge in [-0.1, -0.05) is 0 Å². The number of amides is 1. The number of carbonyl (C=O) groups is 1. The van der Waals surface area contributed by atoms with E-state index in [9.17, 15) is 4.79 Å². The van der Waals surface area contributed by atoms with Crippen molar-refractivity contribution in [2.75, 3.05) is 86.4 Å². The van der Waals surface area contributed by atoms with Crippen LogP contribution in [-0.4, -0.2) is 114 Å². The topological polar surface area (TPSA) is 87.7 Å². The van der Waals surface area contributed by atoms with Crippen LogP contribution >= 0.6 is 0 Å². The summed E-state index contributed by atoms with van der Waals surface area (Å²) in [4.78, 5) is 20.2. The number of rotatable bonds is 11. The van der Waals surface area contributed by atoms with Crippen LogP contribution in [0.1, 0.15) is 19.3 Å². The van der Waals surface area contributed by atoms with Crippen molar-refractivity contribution < 1.29 is 19.0 Å². The van der Waals surface area contributed by atoms with Gasteiger partial charge in [-0.2, -0.15) is 0 Å². The highest BCUT2D eigenvalue weighted by Crippen LogP contribution is 2.07. The highest BCUT2D eigenvalue weighted by atomic mass is 16.5. The largest absolute Gasteiger partial charge is 0.379 e. The minimum Gasteiger partial charge on any atom is -0.379 e. The first kappa shape index (κ1) is 22.9. The quantitative estimate of drug-likeness (QED) is 0.276. The van der Waals surface area contributed by atoms with Crippen molar-refractivity contribution >= 4 is 11.9 Å². The summed E-state index contributed by atoms with van der Waals surface area (Å²) in [5, 5.41) is 6.64. The molecule has 2 fully saturated rings. The summed E-state index contributed by atoms with van der Waals surface area (Å²) in [6, 6.07) is 0. The Balaban J connectivity index is 1.64. The van der Waals surface area contributed by atoms with Crippen LogP contribution in [0.3, 0.4) is 0 Å². The number of nitrogens with zero attached hydrogens (tertiary/aromatic N) is 3. The molecule has 2 saturated heterocycles.